The van der Waals surface area contributed by atoms with Crippen molar-refractivity contribution < 1.29 is 9.18 Å². The summed E-state index contributed by atoms with van der Waals surface area (Å²) >= 11 is 0. The van der Waals surface area contributed by atoms with Crippen LogP contribution in [0.2, 0.25) is 0 Å². The van der Waals surface area contributed by atoms with E-state index in [0.29, 0.717) is 0 Å². The first kappa shape index (κ1) is 10.5. The lowest BCUT2D eigenvalue weighted by Gasteiger charge is -2.10. The minimum absolute atomic E-state index is 0.303. The number of hydrogen-bond donors (Lipinski definition) is 0. The molecule has 3 heteroatoms. The van der Waals surface area contributed by atoms with E-state index < -0.39 is 0 Å². The number of carbonyl (C=O) groups excluding carboxylic acids is 1. The van der Waals surface area contributed by atoms with E-state index in [9.17, 15) is 9.18 Å². The first-order valence-electron chi connectivity index (χ1n) is 4.92. The second-order valence-electron chi connectivity index (χ2n) is 3.45. The van der Waals surface area contributed by atoms with Crippen LogP contribution in [0.4, 0.5) is 4.39 Å². The Balaban J connectivity index is 2.37. The molecule has 0 saturated carbocycles. The molecule has 0 aliphatic carbocycles. The average Bonchev–Trinajstić information content (AvgIpc) is 2.34. The van der Waals surface area contributed by atoms with Crippen molar-refractivity contribution in [1.29, 1.82) is 0 Å². The quantitative estimate of drug-likeness (QED) is 0.736. The number of halogens is 1. The Morgan fingerprint density at radius 1 is 1.00 bits per heavy atom. The van der Waals surface area contributed by atoms with Crippen LogP contribution in [-0.2, 0) is 4.79 Å². The molecule has 0 N–H and O–H groups in total. The minimum atomic E-state index is -0.358. The van der Waals surface area contributed by atoms with Crippen LogP contribution >= 0.6 is 0 Å². The molecule has 2 nitrogen and oxygen atoms in total. The van der Waals surface area contributed by atoms with Crippen molar-refractivity contribution in [3.8, 4) is 0 Å². The first-order chi connectivity index (χ1) is 7.81. The van der Waals surface area contributed by atoms with Crippen LogP contribution in [0.3, 0.4) is 0 Å². The maximum atomic E-state index is 12.8. The van der Waals surface area contributed by atoms with E-state index in [1.54, 1.807) is 36.7 Å². The molecule has 2 rings (SSSR count). The summed E-state index contributed by atoms with van der Waals surface area (Å²) in [5.41, 5.74) is 1.64. The van der Waals surface area contributed by atoms with E-state index >= 15 is 0 Å². The highest BCUT2D eigenvalue weighted by atomic mass is 19.1. The maximum absolute atomic E-state index is 12.8. The summed E-state index contributed by atoms with van der Waals surface area (Å²) in [5.74, 6) is -0.660. The summed E-state index contributed by atoms with van der Waals surface area (Å²) in [4.78, 5) is 15.0. The van der Waals surface area contributed by atoms with E-state index in [2.05, 4.69) is 4.98 Å². The number of rotatable bonds is 3. The summed E-state index contributed by atoms with van der Waals surface area (Å²) in [6.45, 7) is 0. The van der Waals surface area contributed by atoms with E-state index in [0.717, 1.165) is 17.4 Å². The van der Waals surface area contributed by atoms with Gasteiger partial charge in [-0.05, 0) is 35.4 Å². The normalized spacial score (nSPS) is 12.1. The summed E-state index contributed by atoms with van der Waals surface area (Å²) < 4.78 is 12.8. The minimum Gasteiger partial charge on any atom is -0.302 e. The van der Waals surface area contributed by atoms with Crippen molar-refractivity contribution in [2.45, 2.75) is 5.92 Å². The van der Waals surface area contributed by atoms with Crippen LogP contribution in [0.1, 0.15) is 17.0 Å². The van der Waals surface area contributed by atoms with Crippen LogP contribution in [0.15, 0.2) is 48.8 Å². The highest BCUT2D eigenvalue weighted by Crippen LogP contribution is 2.21. The summed E-state index contributed by atoms with van der Waals surface area (Å²) in [7, 11) is 0. The Hall–Kier alpha value is -2.03. The molecule has 16 heavy (non-hydrogen) atoms. The van der Waals surface area contributed by atoms with Crippen molar-refractivity contribution in [3.63, 3.8) is 0 Å². The fourth-order valence-corrected chi connectivity index (χ4v) is 1.59. The molecule has 0 aliphatic rings. The van der Waals surface area contributed by atoms with Crippen molar-refractivity contribution in [1.82, 2.24) is 4.98 Å². The molecule has 80 valence electrons. The molecule has 1 heterocycles. The number of aldehydes is 1. The fraction of sp³-hybridized carbons (Fsp3) is 0.0769. The topological polar surface area (TPSA) is 30.0 Å². The van der Waals surface area contributed by atoms with Gasteiger partial charge in [0.15, 0.2) is 0 Å². The SMILES string of the molecule is O=CC(c1ccncc1)c1ccc(F)cc1. The van der Waals surface area contributed by atoms with Crippen LogP contribution < -0.4 is 0 Å². The Labute approximate surface area is 92.8 Å². The zero-order valence-corrected chi connectivity index (χ0v) is 8.51. The number of hydrogen-bond acceptors (Lipinski definition) is 2. The number of aromatic nitrogens is 1. The smallest absolute Gasteiger partial charge is 0.131 e. The monoisotopic (exact) mass is 215 g/mol. The molecule has 2 aromatic rings. The van der Waals surface area contributed by atoms with E-state index in [1.807, 2.05) is 0 Å². The van der Waals surface area contributed by atoms with E-state index in [-0.39, 0.29) is 11.7 Å². The highest BCUT2D eigenvalue weighted by Gasteiger charge is 2.12. The molecular formula is C13H10FNO. The average molecular weight is 215 g/mol. The predicted octanol–water partition coefficient (Wildman–Crippen LogP) is 2.55. The molecule has 0 bridgehead atoms. The first-order valence-corrected chi connectivity index (χ1v) is 4.92. The summed E-state index contributed by atoms with van der Waals surface area (Å²) in [6.07, 6.45) is 4.12. The van der Waals surface area contributed by atoms with Gasteiger partial charge in [-0.2, -0.15) is 0 Å². The van der Waals surface area contributed by atoms with E-state index in [4.69, 9.17) is 0 Å². The van der Waals surface area contributed by atoms with Gasteiger partial charge >= 0.3 is 0 Å². The van der Waals surface area contributed by atoms with Gasteiger partial charge in [0.25, 0.3) is 0 Å². The molecule has 0 spiro atoms. The molecule has 0 saturated heterocycles. The Bertz CT molecular complexity index is 467. The molecule has 1 atom stereocenters. The highest BCUT2D eigenvalue weighted by molar-refractivity contribution is 5.68. The fourth-order valence-electron chi connectivity index (χ4n) is 1.59. The van der Waals surface area contributed by atoms with Gasteiger partial charge < -0.3 is 4.79 Å². The zero-order valence-electron chi connectivity index (χ0n) is 8.51. The number of carbonyl (C=O) groups is 1. The van der Waals surface area contributed by atoms with Crippen molar-refractivity contribution in [3.05, 3.63) is 65.7 Å². The number of nitrogens with zero attached hydrogens (tertiary/aromatic N) is 1. The van der Waals surface area contributed by atoms with Crippen LogP contribution in [0.5, 0.6) is 0 Å². The lowest BCUT2D eigenvalue weighted by Crippen LogP contribution is -2.02. The second-order valence-corrected chi connectivity index (χ2v) is 3.45. The Kier molecular flexibility index (Phi) is 3.05. The molecule has 0 radical (unpaired) electrons. The van der Waals surface area contributed by atoms with Crippen molar-refractivity contribution in [2.75, 3.05) is 0 Å². The van der Waals surface area contributed by atoms with Crippen LogP contribution in [0.25, 0.3) is 0 Å². The third-order valence-electron chi connectivity index (χ3n) is 2.43. The van der Waals surface area contributed by atoms with Crippen molar-refractivity contribution in [2.24, 2.45) is 0 Å². The van der Waals surface area contributed by atoms with Crippen LogP contribution in [-0.4, -0.2) is 11.3 Å². The van der Waals surface area contributed by atoms with E-state index in [1.165, 1.54) is 12.1 Å². The molecular weight excluding hydrogens is 205 g/mol. The van der Waals surface area contributed by atoms with Gasteiger partial charge in [0.05, 0.1) is 5.92 Å². The van der Waals surface area contributed by atoms with Gasteiger partial charge in [-0.1, -0.05) is 12.1 Å². The second kappa shape index (κ2) is 4.66. The molecule has 0 amide bonds. The maximum Gasteiger partial charge on any atom is 0.131 e. The van der Waals surface area contributed by atoms with Gasteiger partial charge in [0.2, 0.25) is 0 Å². The largest absolute Gasteiger partial charge is 0.302 e. The Morgan fingerprint density at radius 2 is 1.56 bits per heavy atom. The summed E-state index contributed by atoms with van der Waals surface area (Å²) in [5, 5.41) is 0. The standard InChI is InChI=1S/C13H10FNO/c14-12-3-1-10(2-4-12)13(9-16)11-5-7-15-8-6-11/h1-9,13H. The molecule has 0 fully saturated rings. The number of benzene rings is 1. The van der Waals surface area contributed by atoms with Gasteiger partial charge in [-0.15, -0.1) is 0 Å². The lowest BCUT2D eigenvalue weighted by atomic mass is 9.93. The predicted molar refractivity (Wildman–Crippen MR) is 58.5 cm³/mol. The lowest BCUT2D eigenvalue weighted by molar-refractivity contribution is -0.108. The van der Waals surface area contributed by atoms with Gasteiger partial charge in [0.1, 0.15) is 12.1 Å². The molecule has 1 aromatic carbocycles. The zero-order chi connectivity index (χ0) is 11.4. The molecule has 1 unspecified atom stereocenters. The summed E-state index contributed by atoms with van der Waals surface area (Å²) in [6, 6.07) is 9.51. The molecule has 0 aliphatic heterocycles. The third kappa shape index (κ3) is 2.14. The van der Waals surface area contributed by atoms with Crippen LogP contribution in [0, 0.1) is 5.82 Å². The third-order valence-corrected chi connectivity index (χ3v) is 2.43. The van der Waals surface area contributed by atoms with Gasteiger partial charge in [-0.3, -0.25) is 4.98 Å². The van der Waals surface area contributed by atoms with Gasteiger partial charge in [-0.25, -0.2) is 4.39 Å². The number of pyridine rings is 1. The Morgan fingerprint density at radius 3 is 2.12 bits per heavy atom. The van der Waals surface area contributed by atoms with Crippen molar-refractivity contribution >= 4 is 6.29 Å². The van der Waals surface area contributed by atoms with Gasteiger partial charge in [0, 0.05) is 12.4 Å². The molecule has 1 aromatic heterocycles.